The van der Waals surface area contributed by atoms with Crippen molar-refractivity contribution in [3.05, 3.63) is 39.7 Å². The van der Waals surface area contributed by atoms with E-state index in [-0.39, 0.29) is 11.3 Å². The molecule has 0 saturated carbocycles. The molecular formula is C14H18FN3O3. The fraction of sp³-hybridized carbons (Fsp3) is 0.500. The van der Waals surface area contributed by atoms with Gasteiger partial charge < -0.3 is 9.80 Å². The van der Waals surface area contributed by atoms with Gasteiger partial charge >= 0.3 is 0 Å². The minimum atomic E-state index is -0.737. The highest BCUT2D eigenvalue weighted by Gasteiger charge is 2.21. The van der Waals surface area contributed by atoms with Crippen molar-refractivity contribution in [2.45, 2.75) is 12.8 Å². The molecule has 0 aromatic heterocycles. The van der Waals surface area contributed by atoms with E-state index in [1.807, 2.05) is 0 Å². The van der Waals surface area contributed by atoms with Gasteiger partial charge in [0.05, 0.1) is 10.5 Å². The molecule has 7 heteroatoms. The highest BCUT2D eigenvalue weighted by molar-refractivity contribution is 5.95. The van der Waals surface area contributed by atoms with Crippen LogP contribution in [0.2, 0.25) is 0 Å². The summed E-state index contributed by atoms with van der Waals surface area (Å²) in [6, 6.07) is 3.00. The zero-order valence-corrected chi connectivity index (χ0v) is 11.9. The molecule has 1 amide bonds. The average Bonchev–Trinajstić information content (AvgIpc) is 2.97. The molecule has 0 spiro atoms. The van der Waals surface area contributed by atoms with E-state index in [1.54, 1.807) is 7.05 Å². The van der Waals surface area contributed by atoms with Gasteiger partial charge in [-0.3, -0.25) is 14.9 Å². The largest absolute Gasteiger partial charge is 0.340 e. The number of likely N-dealkylation sites (N-methyl/N-ethyl adjacent to an activating group) is 1. The van der Waals surface area contributed by atoms with Crippen molar-refractivity contribution < 1.29 is 14.1 Å². The van der Waals surface area contributed by atoms with Crippen molar-refractivity contribution in [2.24, 2.45) is 0 Å². The maximum Gasteiger partial charge on any atom is 0.270 e. The summed E-state index contributed by atoms with van der Waals surface area (Å²) in [6.45, 7) is 3.25. The number of benzene rings is 1. The van der Waals surface area contributed by atoms with E-state index in [1.165, 1.54) is 4.90 Å². The number of non-ortho nitro benzene ring substituents is 1. The van der Waals surface area contributed by atoms with Gasteiger partial charge in [0, 0.05) is 32.3 Å². The van der Waals surface area contributed by atoms with E-state index in [2.05, 4.69) is 4.90 Å². The number of carbonyl (C=O) groups excluding carboxylic acids is 1. The maximum absolute atomic E-state index is 13.7. The number of hydrogen-bond acceptors (Lipinski definition) is 4. The lowest BCUT2D eigenvalue weighted by Crippen LogP contribution is -2.35. The predicted molar refractivity (Wildman–Crippen MR) is 75.7 cm³/mol. The molecule has 1 aliphatic rings. The van der Waals surface area contributed by atoms with E-state index < -0.39 is 16.6 Å². The van der Waals surface area contributed by atoms with Crippen LogP contribution in [0.15, 0.2) is 18.2 Å². The fourth-order valence-corrected chi connectivity index (χ4v) is 2.40. The van der Waals surface area contributed by atoms with Gasteiger partial charge in [-0.05, 0) is 32.0 Å². The SMILES string of the molecule is CN(CCN1CCCC1)C(=O)c1cc([N+](=O)[O-])ccc1F. The van der Waals surface area contributed by atoms with E-state index in [9.17, 15) is 19.3 Å². The summed E-state index contributed by atoms with van der Waals surface area (Å²) in [6.07, 6.45) is 2.33. The van der Waals surface area contributed by atoms with Crippen LogP contribution in [-0.2, 0) is 0 Å². The predicted octanol–water partition coefficient (Wildman–Crippen LogP) is 1.90. The first-order chi connectivity index (χ1) is 9.99. The zero-order valence-electron chi connectivity index (χ0n) is 11.9. The number of nitro groups is 1. The third-order valence-electron chi connectivity index (χ3n) is 3.69. The molecule has 1 fully saturated rings. The van der Waals surface area contributed by atoms with Crippen LogP contribution in [0.3, 0.4) is 0 Å². The molecule has 6 nitrogen and oxygen atoms in total. The van der Waals surface area contributed by atoms with Crippen molar-refractivity contribution in [1.29, 1.82) is 0 Å². The Labute approximate surface area is 122 Å². The number of likely N-dealkylation sites (tertiary alicyclic amines) is 1. The smallest absolute Gasteiger partial charge is 0.270 e. The molecule has 0 unspecified atom stereocenters. The number of amides is 1. The van der Waals surface area contributed by atoms with E-state index in [4.69, 9.17) is 0 Å². The third-order valence-corrected chi connectivity index (χ3v) is 3.69. The summed E-state index contributed by atoms with van der Waals surface area (Å²) in [5.74, 6) is -1.27. The molecule has 1 aliphatic heterocycles. The fourth-order valence-electron chi connectivity index (χ4n) is 2.40. The molecule has 21 heavy (non-hydrogen) atoms. The van der Waals surface area contributed by atoms with Crippen LogP contribution in [0, 0.1) is 15.9 Å². The molecule has 1 aromatic rings. The molecule has 0 aliphatic carbocycles. The van der Waals surface area contributed by atoms with E-state index in [0.29, 0.717) is 6.54 Å². The van der Waals surface area contributed by atoms with Gasteiger partial charge in [-0.1, -0.05) is 0 Å². The van der Waals surface area contributed by atoms with Crippen molar-refractivity contribution in [3.63, 3.8) is 0 Å². The first-order valence-electron chi connectivity index (χ1n) is 6.91. The highest BCUT2D eigenvalue weighted by Crippen LogP contribution is 2.18. The molecule has 0 N–H and O–H groups in total. The molecule has 1 saturated heterocycles. The Hall–Kier alpha value is -2.02. The number of halogens is 1. The zero-order chi connectivity index (χ0) is 15.4. The second-order valence-corrected chi connectivity index (χ2v) is 5.20. The summed E-state index contributed by atoms with van der Waals surface area (Å²) < 4.78 is 13.7. The van der Waals surface area contributed by atoms with Crippen molar-refractivity contribution in [1.82, 2.24) is 9.80 Å². The van der Waals surface area contributed by atoms with Crippen LogP contribution in [0.25, 0.3) is 0 Å². The minimum absolute atomic E-state index is 0.256. The van der Waals surface area contributed by atoms with Gasteiger partial charge in [0.25, 0.3) is 11.6 Å². The Kier molecular flexibility index (Phi) is 4.85. The van der Waals surface area contributed by atoms with Crippen LogP contribution < -0.4 is 0 Å². The van der Waals surface area contributed by atoms with Crippen LogP contribution in [0.1, 0.15) is 23.2 Å². The van der Waals surface area contributed by atoms with Gasteiger partial charge in [0.15, 0.2) is 0 Å². The van der Waals surface area contributed by atoms with Gasteiger partial charge in [-0.15, -0.1) is 0 Å². The Morgan fingerprint density at radius 2 is 2.10 bits per heavy atom. The molecule has 1 heterocycles. The van der Waals surface area contributed by atoms with Gasteiger partial charge in [0.1, 0.15) is 5.82 Å². The average molecular weight is 295 g/mol. The lowest BCUT2D eigenvalue weighted by molar-refractivity contribution is -0.384. The summed E-state index contributed by atoms with van der Waals surface area (Å²) in [7, 11) is 1.58. The molecule has 0 atom stereocenters. The number of carbonyl (C=O) groups is 1. The second kappa shape index (κ2) is 6.62. The number of hydrogen-bond donors (Lipinski definition) is 0. The molecule has 0 radical (unpaired) electrons. The summed E-state index contributed by atoms with van der Waals surface area (Å²) >= 11 is 0. The monoisotopic (exact) mass is 295 g/mol. The Morgan fingerprint density at radius 3 is 2.71 bits per heavy atom. The third kappa shape index (κ3) is 3.75. The standard InChI is InChI=1S/C14H18FN3O3/c1-16(8-9-17-6-2-3-7-17)14(19)12-10-11(18(20)21)4-5-13(12)15/h4-5,10H,2-3,6-9H2,1H3. The normalized spacial score (nSPS) is 15.1. The maximum atomic E-state index is 13.7. The topological polar surface area (TPSA) is 66.7 Å². The van der Waals surface area contributed by atoms with Crippen molar-refractivity contribution in [3.8, 4) is 0 Å². The second-order valence-electron chi connectivity index (χ2n) is 5.20. The van der Waals surface area contributed by atoms with Crippen LogP contribution in [-0.4, -0.2) is 53.9 Å². The van der Waals surface area contributed by atoms with Crippen LogP contribution in [0.4, 0.5) is 10.1 Å². The van der Waals surface area contributed by atoms with E-state index >= 15 is 0 Å². The van der Waals surface area contributed by atoms with Crippen molar-refractivity contribution in [2.75, 3.05) is 33.2 Å². The minimum Gasteiger partial charge on any atom is -0.340 e. The summed E-state index contributed by atoms with van der Waals surface area (Å²) in [5, 5.41) is 10.7. The van der Waals surface area contributed by atoms with Gasteiger partial charge in [0.2, 0.25) is 0 Å². The molecule has 0 bridgehead atoms. The Balaban J connectivity index is 2.03. The first-order valence-corrected chi connectivity index (χ1v) is 6.91. The number of rotatable bonds is 5. The van der Waals surface area contributed by atoms with Crippen molar-refractivity contribution >= 4 is 11.6 Å². The molecular weight excluding hydrogens is 277 g/mol. The Morgan fingerprint density at radius 1 is 1.43 bits per heavy atom. The highest BCUT2D eigenvalue weighted by atomic mass is 19.1. The molecule has 1 aromatic carbocycles. The van der Waals surface area contributed by atoms with E-state index in [0.717, 1.165) is 50.7 Å². The van der Waals surface area contributed by atoms with Gasteiger partial charge in [-0.2, -0.15) is 0 Å². The number of nitrogens with zero attached hydrogens (tertiary/aromatic N) is 3. The lowest BCUT2D eigenvalue weighted by atomic mass is 10.1. The summed E-state index contributed by atoms with van der Waals surface area (Å²) in [4.78, 5) is 25.9. The van der Waals surface area contributed by atoms with Crippen LogP contribution in [0.5, 0.6) is 0 Å². The van der Waals surface area contributed by atoms with Crippen LogP contribution >= 0.6 is 0 Å². The first kappa shape index (κ1) is 15.4. The quantitative estimate of drug-likeness (QED) is 0.614. The summed E-state index contributed by atoms with van der Waals surface area (Å²) in [5.41, 5.74) is -0.541. The Bertz CT molecular complexity index is 544. The molecule has 2 rings (SSSR count). The van der Waals surface area contributed by atoms with Gasteiger partial charge in [-0.25, -0.2) is 4.39 Å². The number of nitro benzene ring substituents is 1. The lowest BCUT2D eigenvalue weighted by Gasteiger charge is -2.21. The molecule has 114 valence electrons.